The molecule has 0 unspecified atom stereocenters. The third-order valence-corrected chi connectivity index (χ3v) is 6.97. The topological polar surface area (TPSA) is 80.0 Å². The van der Waals surface area contributed by atoms with Gasteiger partial charge in [0, 0.05) is 37.9 Å². The zero-order valence-corrected chi connectivity index (χ0v) is 19.1. The number of nitrogens with one attached hydrogen (secondary N) is 1. The van der Waals surface area contributed by atoms with Crippen LogP contribution in [0.2, 0.25) is 0 Å². The van der Waals surface area contributed by atoms with Crippen LogP contribution < -0.4 is 16.0 Å². The summed E-state index contributed by atoms with van der Waals surface area (Å²) >= 11 is 1.57. The molecule has 5 rings (SSSR count). The van der Waals surface area contributed by atoms with E-state index in [0.717, 1.165) is 58.7 Å². The fourth-order valence-electron chi connectivity index (χ4n) is 3.95. The summed E-state index contributed by atoms with van der Waals surface area (Å²) in [6.45, 7) is 5.47. The van der Waals surface area contributed by atoms with Crippen LogP contribution >= 0.6 is 11.3 Å². The average Bonchev–Trinajstić information content (AvgIpc) is 3.31. The summed E-state index contributed by atoms with van der Waals surface area (Å²) in [6.07, 6.45) is 1.73. The number of nitrogens with zero attached hydrogens (tertiary/aromatic N) is 4. The number of rotatable bonds is 5. The minimum atomic E-state index is -0.859. The largest absolute Gasteiger partial charge is 0.346 e. The molecule has 0 bridgehead atoms. The van der Waals surface area contributed by atoms with Crippen LogP contribution in [0.25, 0.3) is 21.8 Å². The lowest BCUT2D eigenvalue weighted by molar-refractivity contribution is 0.558. The Balaban J connectivity index is 1.61. The zero-order valence-electron chi connectivity index (χ0n) is 18.3. The second-order valence-electron chi connectivity index (χ2n) is 8.26. The molecule has 168 valence electrons. The third-order valence-electron chi connectivity index (χ3n) is 5.83. The Labute approximate surface area is 196 Å². The number of thiazole rings is 1. The number of piperazine rings is 1. The van der Waals surface area contributed by atoms with Crippen LogP contribution in [0.3, 0.4) is 0 Å². The Morgan fingerprint density at radius 3 is 2.58 bits per heavy atom. The van der Waals surface area contributed by atoms with Crippen molar-refractivity contribution in [3.8, 4) is 21.8 Å². The number of halogens is 1. The van der Waals surface area contributed by atoms with Gasteiger partial charge in [0.1, 0.15) is 5.82 Å². The van der Waals surface area contributed by atoms with E-state index in [1.165, 1.54) is 12.1 Å². The van der Waals surface area contributed by atoms with Crippen LogP contribution in [0.1, 0.15) is 18.3 Å². The summed E-state index contributed by atoms with van der Waals surface area (Å²) in [5.74, 6) is 0.227. The van der Waals surface area contributed by atoms with E-state index < -0.39 is 5.54 Å². The molecule has 1 atom stereocenters. The Hall–Kier alpha value is -3.20. The van der Waals surface area contributed by atoms with Gasteiger partial charge in [0.25, 0.3) is 0 Å². The molecule has 1 saturated heterocycles. The monoisotopic (exact) mass is 460 g/mol. The lowest BCUT2D eigenvalue weighted by Crippen LogP contribution is -2.43. The number of nitrogens with two attached hydrogens (primary N) is 1. The molecular weight excluding hydrogens is 435 g/mol. The lowest BCUT2D eigenvalue weighted by atomic mass is 9.92. The van der Waals surface area contributed by atoms with Crippen molar-refractivity contribution in [2.45, 2.75) is 12.5 Å². The second kappa shape index (κ2) is 8.97. The summed E-state index contributed by atoms with van der Waals surface area (Å²) in [7, 11) is 0. The van der Waals surface area contributed by atoms with Crippen molar-refractivity contribution in [1.82, 2.24) is 20.3 Å². The second-order valence-corrected chi connectivity index (χ2v) is 9.23. The van der Waals surface area contributed by atoms with Crippen molar-refractivity contribution < 1.29 is 4.39 Å². The van der Waals surface area contributed by atoms with Gasteiger partial charge >= 0.3 is 0 Å². The maximum Gasteiger partial charge on any atom is 0.186 e. The third kappa shape index (κ3) is 4.37. The number of anilines is 1. The first kappa shape index (κ1) is 21.6. The molecule has 1 aliphatic heterocycles. The van der Waals surface area contributed by atoms with Gasteiger partial charge in [-0.3, -0.25) is 0 Å². The standard InChI is InChI=1S/C25H25FN6S/c1-25(27,18-7-3-2-4-8-18)23-29-11-10-20(30-23)22-21(17-6-5-9-19(26)16-17)31-24(33-22)32-14-12-28-13-15-32/h2-11,16,28H,12-15,27H2,1H3/t25-/m0/s1. The summed E-state index contributed by atoms with van der Waals surface area (Å²) in [6, 6.07) is 18.2. The van der Waals surface area contributed by atoms with Crippen molar-refractivity contribution in [3.05, 3.63) is 84.1 Å². The zero-order chi connectivity index (χ0) is 22.8. The molecule has 3 N–H and O–H groups in total. The molecule has 8 heteroatoms. The Kier molecular flexibility index (Phi) is 5.88. The van der Waals surface area contributed by atoms with Crippen molar-refractivity contribution in [2.75, 3.05) is 31.1 Å². The Morgan fingerprint density at radius 1 is 1.03 bits per heavy atom. The number of aromatic nitrogens is 3. The summed E-state index contributed by atoms with van der Waals surface area (Å²) in [5, 5.41) is 4.27. The van der Waals surface area contributed by atoms with Crippen LogP contribution in [-0.4, -0.2) is 41.1 Å². The fourth-order valence-corrected chi connectivity index (χ4v) is 5.06. The highest BCUT2D eigenvalue weighted by Gasteiger charge is 2.28. The molecule has 3 heterocycles. The van der Waals surface area contributed by atoms with Crippen LogP contribution in [0.5, 0.6) is 0 Å². The molecule has 4 aromatic rings. The summed E-state index contributed by atoms with van der Waals surface area (Å²) < 4.78 is 14.1. The maximum atomic E-state index is 14.1. The van der Waals surface area contributed by atoms with Gasteiger partial charge in [0.15, 0.2) is 11.0 Å². The van der Waals surface area contributed by atoms with E-state index >= 15 is 0 Å². The smallest absolute Gasteiger partial charge is 0.186 e. The molecule has 0 saturated carbocycles. The molecule has 2 aromatic heterocycles. The first-order valence-electron chi connectivity index (χ1n) is 10.9. The summed E-state index contributed by atoms with van der Waals surface area (Å²) in [5.41, 5.74) is 8.94. The molecular formula is C25H25FN6S. The Morgan fingerprint density at radius 2 is 1.82 bits per heavy atom. The van der Waals surface area contributed by atoms with E-state index in [1.54, 1.807) is 23.6 Å². The van der Waals surface area contributed by atoms with E-state index in [9.17, 15) is 4.39 Å². The van der Waals surface area contributed by atoms with Crippen molar-refractivity contribution >= 4 is 16.5 Å². The first-order valence-corrected chi connectivity index (χ1v) is 11.7. The van der Waals surface area contributed by atoms with Gasteiger partial charge in [-0.1, -0.05) is 53.8 Å². The predicted octanol–water partition coefficient (Wildman–Crippen LogP) is 4.04. The first-order chi connectivity index (χ1) is 16.0. The minimum absolute atomic E-state index is 0.294. The highest BCUT2D eigenvalue weighted by molar-refractivity contribution is 7.19. The van der Waals surface area contributed by atoms with Crippen LogP contribution in [-0.2, 0) is 5.54 Å². The molecule has 0 spiro atoms. The van der Waals surface area contributed by atoms with Gasteiger partial charge in [0.05, 0.1) is 21.8 Å². The van der Waals surface area contributed by atoms with Gasteiger partial charge in [-0.2, -0.15) is 0 Å². The summed E-state index contributed by atoms with van der Waals surface area (Å²) in [4.78, 5) is 17.4. The molecule has 6 nitrogen and oxygen atoms in total. The molecule has 0 radical (unpaired) electrons. The SMILES string of the molecule is C[C@](N)(c1ccccc1)c1nccc(-c2sc(N3CCNCC3)nc2-c2cccc(F)c2)n1. The van der Waals surface area contributed by atoms with Crippen molar-refractivity contribution in [2.24, 2.45) is 5.73 Å². The van der Waals surface area contributed by atoms with E-state index in [-0.39, 0.29) is 5.82 Å². The van der Waals surface area contributed by atoms with Gasteiger partial charge < -0.3 is 16.0 Å². The molecule has 2 aromatic carbocycles. The van der Waals surface area contributed by atoms with Gasteiger partial charge in [0.2, 0.25) is 0 Å². The normalized spacial score (nSPS) is 15.9. The highest BCUT2D eigenvalue weighted by atomic mass is 32.1. The highest BCUT2D eigenvalue weighted by Crippen LogP contribution is 2.40. The molecule has 33 heavy (non-hydrogen) atoms. The van der Waals surface area contributed by atoms with Crippen LogP contribution in [0.4, 0.5) is 9.52 Å². The molecule has 0 aliphatic carbocycles. The van der Waals surface area contributed by atoms with E-state index in [2.05, 4.69) is 15.2 Å². The molecule has 0 amide bonds. The van der Waals surface area contributed by atoms with Gasteiger partial charge in [-0.15, -0.1) is 0 Å². The van der Waals surface area contributed by atoms with E-state index in [1.807, 2.05) is 49.4 Å². The predicted molar refractivity (Wildman–Crippen MR) is 131 cm³/mol. The minimum Gasteiger partial charge on any atom is -0.346 e. The Bertz CT molecular complexity index is 1250. The number of hydrogen-bond donors (Lipinski definition) is 2. The number of benzene rings is 2. The fraction of sp³-hybridized carbons (Fsp3) is 0.240. The van der Waals surface area contributed by atoms with Crippen LogP contribution in [0, 0.1) is 5.82 Å². The van der Waals surface area contributed by atoms with E-state index in [0.29, 0.717) is 5.82 Å². The molecule has 1 fully saturated rings. The van der Waals surface area contributed by atoms with Crippen molar-refractivity contribution in [1.29, 1.82) is 0 Å². The van der Waals surface area contributed by atoms with Gasteiger partial charge in [-0.05, 0) is 30.7 Å². The number of hydrogen-bond acceptors (Lipinski definition) is 7. The quantitative estimate of drug-likeness (QED) is 0.468. The molecule has 1 aliphatic rings. The lowest BCUT2D eigenvalue weighted by Gasteiger charge is -2.26. The maximum absolute atomic E-state index is 14.1. The van der Waals surface area contributed by atoms with Gasteiger partial charge in [-0.25, -0.2) is 19.3 Å². The average molecular weight is 461 g/mol. The van der Waals surface area contributed by atoms with Crippen molar-refractivity contribution in [3.63, 3.8) is 0 Å². The van der Waals surface area contributed by atoms with E-state index in [4.69, 9.17) is 15.7 Å². The van der Waals surface area contributed by atoms with Crippen LogP contribution in [0.15, 0.2) is 66.9 Å².